The summed E-state index contributed by atoms with van der Waals surface area (Å²) in [5.41, 5.74) is 2.22. The number of fused-ring (bicyclic) bond motifs is 2. The summed E-state index contributed by atoms with van der Waals surface area (Å²) in [6, 6.07) is 16.1. The van der Waals surface area contributed by atoms with Gasteiger partial charge in [-0.25, -0.2) is 0 Å². The zero-order chi connectivity index (χ0) is 18.3. The molecule has 0 atom stereocenters. The number of ether oxygens (including phenoxy) is 1. The van der Waals surface area contributed by atoms with Crippen molar-refractivity contribution in [3.05, 3.63) is 48.5 Å². The number of para-hydroxylation sites is 4. The summed E-state index contributed by atoms with van der Waals surface area (Å²) in [5.74, 6) is 1.83. The molecule has 2 aromatic carbocycles. The molecule has 0 N–H and O–H groups in total. The van der Waals surface area contributed by atoms with Crippen molar-refractivity contribution in [3.8, 4) is 11.5 Å². The Hall–Kier alpha value is -1.96. The van der Waals surface area contributed by atoms with Crippen LogP contribution in [0.2, 0.25) is 0 Å². The van der Waals surface area contributed by atoms with E-state index in [1.807, 2.05) is 91.8 Å². The Kier molecular flexibility index (Phi) is 15.2. The van der Waals surface area contributed by atoms with Gasteiger partial charge in [-0.05, 0) is 24.3 Å². The Labute approximate surface area is 144 Å². The molecule has 23 heavy (non-hydrogen) atoms. The molecule has 0 spiro atoms. The lowest BCUT2D eigenvalue weighted by atomic mass is 10.2. The summed E-state index contributed by atoms with van der Waals surface area (Å²) < 4.78 is 5.81. The van der Waals surface area contributed by atoms with Crippen LogP contribution in [0.1, 0.15) is 55.4 Å². The monoisotopic (exact) mass is 317 g/mol. The van der Waals surface area contributed by atoms with Crippen LogP contribution in [0.3, 0.4) is 0 Å². The molecule has 2 heteroatoms. The van der Waals surface area contributed by atoms with Crippen LogP contribution >= 0.6 is 0 Å². The Balaban J connectivity index is 0. The van der Waals surface area contributed by atoms with Gasteiger partial charge in [-0.15, -0.1) is 0 Å². The van der Waals surface area contributed by atoms with E-state index in [0.29, 0.717) is 0 Å². The van der Waals surface area contributed by atoms with Crippen molar-refractivity contribution in [3.63, 3.8) is 0 Å². The fourth-order valence-electron chi connectivity index (χ4n) is 1.89. The Morgan fingerprint density at radius 3 is 1.22 bits per heavy atom. The van der Waals surface area contributed by atoms with Crippen molar-refractivity contribution in [2.75, 3.05) is 11.9 Å². The van der Waals surface area contributed by atoms with Gasteiger partial charge in [0, 0.05) is 7.05 Å². The maximum atomic E-state index is 5.81. The molecule has 0 saturated carbocycles. The highest BCUT2D eigenvalue weighted by Gasteiger charge is 2.19. The zero-order valence-electron chi connectivity index (χ0n) is 16.5. The van der Waals surface area contributed by atoms with E-state index in [1.165, 1.54) is 0 Å². The van der Waals surface area contributed by atoms with Crippen LogP contribution in [-0.2, 0) is 0 Å². The number of nitrogens with zero attached hydrogens (tertiary/aromatic N) is 1. The SMILES string of the molecule is CC.CC.CC.CC.CN1c2ccccc2Oc2ccccc21. The lowest BCUT2D eigenvalue weighted by molar-refractivity contribution is 0.475. The van der Waals surface area contributed by atoms with Gasteiger partial charge in [-0.1, -0.05) is 79.7 Å². The number of benzene rings is 2. The predicted octanol–water partition coefficient (Wildman–Crippen LogP) is 7.67. The minimum absolute atomic E-state index is 0.915. The lowest BCUT2D eigenvalue weighted by Crippen LogP contribution is -2.15. The first-order valence-electron chi connectivity index (χ1n) is 8.96. The van der Waals surface area contributed by atoms with Crippen LogP contribution < -0.4 is 9.64 Å². The van der Waals surface area contributed by atoms with Crippen LogP contribution in [0.5, 0.6) is 11.5 Å². The van der Waals surface area contributed by atoms with Gasteiger partial charge in [0.15, 0.2) is 11.5 Å². The summed E-state index contributed by atoms with van der Waals surface area (Å²) >= 11 is 0. The Morgan fingerprint density at radius 2 is 0.870 bits per heavy atom. The number of rotatable bonds is 0. The fourth-order valence-corrected chi connectivity index (χ4v) is 1.89. The normalized spacial score (nSPS) is 9.35. The van der Waals surface area contributed by atoms with Crippen LogP contribution in [-0.4, -0.2) is 7.05 Å². The van der Waals surface area contributed by atoms with E-state index in [9.17, 15) is 0 Å². The lowest BCUT2D eigenvalue weighted by Gasteiger charge is -2.29. The van der Waals surface area contributed by atoms with Gasteiger partial charge in [-0.2, -0.15) is 0 Å². The van der Waals surface area contributed by atoms with Crippen LogP contribution in [0, 0.1) is 0 Å². The second-order valence-corrected chi connectivity index (χ2v) is 3.60. The standard InChI is InChI=1S/C13H11NO.4C2H6/c1-14-10-6-2-4-8-12(10)15-13-9-5-3-7-11(13)14;4*1-2/h2-9H,1H3;4*1-2H3. The summed E-state index contributed by atoms with van der Waals surface area (Å²) in [5, 5.41) is 0. The van der Waals surface area contributed by atoms with Gasteiger partial charge >= 0.3 is 0 Å². The molecule has 130 valence electrons. The van der Waals surface area contributed by atoms with Crippen LogP contribution in [0.4, 0.5) is 11.4 Å². The predicted molar refractivity (Wildman–Crippen MR) is 106 cm³/mol. The summed E-state index contributed by atoms with van der Waals surface area (Å²) in [4.78, 5) is 2.15. The maximum Gasteiger partial charge on any atom is 0.151 e. The van der Waals surface area contributed by atoms with E-state index in [-0.39, 0.29) is 0 Å². The smallest absolute Gasteiger partial charge is 0.151 e. The van der Waals surface area contributed by atoms with Crippen LogP contribution in [0.15, 0.2) is 48.5 Å². The molecular weight excluding hydrogens is 282 g/mol. The minimum atomic E-state index is 0.915. The molecule has 0 saturated heterocycles. The summed E-state index contributed by atoms with van der Waals surface area (Å²) in [6.45, 7) is 16.0. The van der Waals surface area contributed by atoms with E-state index in [0.717, 1.165) is 22.9 Å². The highest BCUT2D eigenvalue weighted by molar-refractivity contribution is 5.77. The average Bonchev–Trinajstić information content (AvgIpc) is 2.68. The highest BCUT2D eigenvalue weighted by Crippen LogP contribution is 2.44. The fraction of sp³-hybridized carbons (Fsp3) is 0.429. The summed E-state index contributed by atoms with van der Waals surface area (Å²) in [7, 11) is 2.06. The molecule has 0 fully saturated rings. The molecule has 0 radical (unpaired) electrons. The second-order valence-electron chi connectivity index (χ2n) is 3.60. The first-order chi connectivity index (χ1) is 11.4. The van der Waals surface area contributed by atoms with Gasteiger partial charge in [0.25, 0.3) is 0 Å². The quantitative estimate of drug-likeness (QED) is 0.494. The molecule has 1 aliphatic heterocycles. The molecule has 1 heterocycles. The number of hydrogen-bond acceptors (Lipinski definition) is 2. The van der Waals surface area contributed by atoms with E-state index in [4.69, 9.17) is 4.74 Å². The molecule has 2 nitrogen and oxygen atoms in total. The van der Waals surface area contributed by atoms with Gasteiger partial charge in [-0.3, -0.25) is 0 Å². The molecule has 1 aliphatic rings. The molecule has 0 aliphatic carbocycles. The molecule has 3 rings (SSSR count). The first-order valence-corrected chi connectivity index (χ1v) is 8.96. The highest BCUT2D eigenvalue weighted by atomic mass is 16.5. The van der Waals surface area contributed by atoms with Crippen molar-refractivity contribution >= 4 is 11.4 Å². The number of anilines is 2. The zero-order valence-corrected chi connectivity index (χ0v) is 16.5. The molecule has 0 aromatic heterocycles. The molecule has 2 aromatic rings. The van der Waals surface area contributed by atoms with Crippen LogP contribution in [0.25, 0.3) is 0 Å². The second kappa shape index (κ2) is 15.0. The number of hydrogen-bond donors (Lipinski definition) is 0. The van der Waals surface area contributed by atoms with E-state index >= 15 is 0 Å². The van der Waals surface area contributed by atoms with Crippen molar-refractivity contribution < 1.29 is 4.74 Å². The average molecular weight is 318 g/mol. The van der Waals surface area contributed by atoms with E-state index in [2.05, 4.69) is 24.1 Å². The third kappa shape index (κ3) is 6.35. The molecule has 0 amide bonds. The van der Waals surface area contributed by atoms with Gasteiger partial charge in [0.05, 0.1) is 11.4 Å². The first kappa shape index (κ1) is 23.3. The largest absolute Gasteiger partial charge is 0.453 e. The van der Waals surface area contributed by atoms with Gasteiger partial charge in [0.1, 0.15) is 0 Å². The minimum Gasteiger partial charge on any atom is -0.453 e. The van der Waals surface area contributed by atoms with E-state index in [1.54, 1.807) is 0 Å². The topological polar surface area (TPSA) is 12.5 Å². The summed E-state index contributed by atoms with van der Waals surface area (Å²) in [6.07, 6.45) is 0. The van der Waals surface area contributed by atoms with Gasteiger partial charge in [0.2, 0.25) is 0 Å². The molecular formula is C21H35NO. The van der Waals surface area contributed by atoms with Crippen molar-refractivity contribution in [1.29, 1.82) is 0 Å². The Bertz CT molecular complexity index is 463. The Morgan fingerprint density at radius 1 is 0.565 bits per heavy atom. The third-order valence-corrected chi connectivity index (χ3v) is 2.67. The van der Waals surface area contributed by atoms with Gasteiger partial charge < -0.3 is 9.64 Å². The maximum absolute atomic E-state index is 5.81. The van der Waals surface area contributed by atoms with E-state index < -0.39 is 0 Å². The van der Waals surface area contributed by atoms with Crippen molar-refractivity contribution in [2.45, 2.75) is 55.4 Å². The third-order valence-electron chi connectivity index (χ3n) is 2.67. The molecule has 0 unspecified atom stereocenters. The van der Waals surface area contributed by atoms with Crippen molar-refractivity contribution in [2.24, 2.45) is 0 Å². The molecule has 0 bridgehead atoms. The van der Waals surface area contributed by atoms with Crippen molar-refractivity contribution in [1.82, 2.24) is 0 Å².